The summed E-state index contributed by atoms with van der Waals surface area (Å²) in [6, 6.07) is 4.59. The smallest absolute Gasteiger partial charge is 0.257 e. The number of hydrogen-bond donors (Lipinski definition) is 3. The predicted molar refractivity (Wildman–Crippen MR) is 111 cm³/mol. The molecule has 0 bridgehead atoms. The molecule has 0 fully saturated rings. The molecule has 2 radical (unpaired) electrons. The van der Waals surface area contributed by atoms with Crippen molar-refractivity contribution in [3.05, 3.63) is 67.3 Å². The van der Waals surface area contributed by atoms with Gasteiger partial charge in [-0.2, -0.15) is 0 Å². The van der Waals surface area contributed by atoms with Crippen molar-refractivity contribution in [2.45, 2.75) is 19.4 Å². The highest BCUT2D eigenvalue weighted by atomic mass is 28.2. The fourth-order valence-corrected chi connectivity index (χ4v) is 4.03. The minimum atomic E-state index is -0.651. The molecule has 144 valence electrons. The SMILES string of the molecule is CCC(Nc1c(Nc2cccc(C(=O)N(C)C)c2O)c(=O)c1=O)C1=CC=C[Si]1. The van der Waals surface area contributed by atoms with Gasteiger partial charge in [-0.1, -0.05) is 36.0 Å². The molecule has 0 aromatic heterocycles. The average molecular weight is 395 g/mol. The lowest BCUT2D eigenvalue weighted by Gasteiger charge is -2.23. The summed E-state index contributed by atoms with van der Waals surface area (Å²) in [7, 11) is 3.72. The zero-order chi connectivity index (χ0) is 20.4. The summed E-state index contributed by atoms with van der Waals surface area (Å²) in [5.41, 5.74) is 1.43. The molecule has 1 atom stereocenters. The van der Waals surface area contributed by atoms with Gasteiger partial charge in [-0.3, -0.25) is 14.4 Å². The summed E-state index contributed by atoms with van der Waals surface area (Å²) in [6.07, 6.45) is 4.75. The highest BCUT2D eigenvalue weighted by molar-refractivity contribution is 6.53. The van der Waals surface area contributed by atoms with Gasteiger partial charge in [0.15, 0.2) is 5.75 Å². The van der Waals surface area contributed by atoms with Crippen molar-refractivity contribution in [1.82, 2.24) is 4.90 Å². The summed E-state index contributed by atoms with van der Waals surface area (Å²) in [5.74, 6) is -0.631. The summed E-state index contributed by atoms with van der Waals surface area (Å²) in [6.45, 7) is 2.00. The molecule has 1 aliphatic rings. The van der Waals surface area contributed by atoms with E-state index in [1.54, 1.807) is 26.2 Å². The first-order chi connectivity index (χ1) is 13.3. The van der Waals surface area contributed by atoms with Gasteiger partial charge in [-0.25, -0.2) is 0 Å². The molecular formula is C20H21N3O4Si. The monoisotopic (exact) mass is 395 g/mol. The lowest BCUT2D eigenvalue weighted by molar-refractivity contribution is 0.0824. The fourth-order valence-electron chi connectivity index (χ4n) is 2.98. The number of hydrogen-bond acceptors (Lipinski definition) is 6. The number of aromatic hydroxyl groups is 1. The van der Waals surface area contributed by atoms with Gasteiger partial charge in [0.2, 0.25) is 0 Å². The van der Waals surface area contributed by atoms with Crippen LogP contribution in [0.3, 0.4) is 0 Å². The van der Waals surface area contributed by atoms with Crippen LogP contribution in [-0.2, 0) is 0 Å². The minimum absolute atomic E-state index is 0.0487. The third-order valence-corrected chi connectivity index (χ3v) is 5.77. The Morgan fingerprint density at radius 1 is 1.21 bits per heavy atom. The molecule has 1 aliphatic heterocycles. The lowest BCUT2D eigenvalue weighted by Crippen LogP contribution is -2.39. The Morgan fingerprint density at radius 2 is 1.93 bits per heavy atom. The first kappa shape index (κ1) is 19.6. The predicted octanol–water partition coefficient (Wildman–Crippen LogP) is 1.74. The number of carbonyl (C=O) groups excluding carboxylic acids is 1. The molecule has 3 rings (SSSR count). The number of amides is 1. The van der Waals surface area contributed by atoms with Crippen molar-refractivity contribution in [2.75, 3.05) is 24.7 Å². The van der Waals surface area contributed by atoms with E-state index in [0.29, 0.717) is 9.52 Å². The summed E-state index contributed by atoms with van der Waals surface area (Å²) >= 11 is 0. The van der Waals surface area contributed by atoms with Gasteiger partial charge in [-0.15, -0.1) is 0 Å². The maximum Gasteiger partial charge on any atom is 0.257 e. The van der Waals surface area contributed by atoms with Gasteiger partial charge < -0.3 is 20.6 Å². The highest BCUT2D eigenvalue weighted by Gasteiger charge is 2.26. The largest absolute Gasteiger partial charge is 0.505 e. The van der Waals surface area contributed by atoms with Gasteiger partial charge in [0, 0.05) is 20.1 Å². The highest BCUT2D eigenvalue weighted by Crippen LogP contribution is 2.32. The van der Waals surface area contributed by atoms with Crippen LogP contribution in [0.5, 0.6) is 5.75 Å². The second kappa shape index (κ2) is 7.85. The topological polar surface area (TPSA) is 98.7 Å². The molecule has 2 aromatic rings. The second-order valence-electron chi connectivity index (χ2n) is 6.67. The third kappa shape index (κ3) is 3.50. The van der Waals surface area contributed by atoms with E-state index in [2.05, 4.69) is 16.3 Å². The van der Waals surface area contributed by atoms with Crippen molar-refractivity contribution in [1.29, 1.82) is 0 Å². The van der Waals surface area contributed by atoms with Crippen LogP contribution in [0.25, 0.3) is 0 Å². The fraction of sp³-hybridized carbons (Fsp3) is 0.250. The molecule has 0 spiro atoms. The summed E-state index contributed by atoms with van der Waals surface area (Å²) in [4.78, 5) is 37.8. The van der Waals surface area contributed by atoms with E-state index in [4.69, 9.17) is 0 Å². The van der Waals surface area contributed by atoms with Gasteiger partial charge in [0.1, 0.15) is 20.9 Å². The Morgan fingerprint density at radius 3 is 2.54 bits per heavy atom. The van der Waals surface area contributed by atoms with Crippen LogP contribution >= 0.6 is 0 Å². The van der Waals surface area contributed by atoms with Crippen LogP contribution in [0, 0.1) is 0 Å². The Balaban J connectivity index is 1.88. The zero-order valence-electron chi connectivity index (χ0n) is 15.9. The molecular weight excluding hydrogens is 374 g/mol. The number of phenolic OH excluding ortho intramolecular Hbond substituents is 1. The number of phenols is 1. The maximum absolute atomic E-state index is 12.2. The van der Waals surface area contributed by atoms with E-state index in [1.165, 1.54) is 16.2 Å². The third-order valence-electron chi connectivity index (χ3n) is 4.57. The van der Waals surface area contributed by atoms with Crippen LogP contribution in [0.2, 0.25) is 0 Å². The molecule has 0 aliphatic carbocycles. The molecule has 0 saturated heterocycles. The molecule has 28 heavy (non-hydrogen) atoms. The average Bonchev–Trinajstić information content (AvgIpc) is 3.22. The Labute approximate surface area is 164 Å². The second-order valence-corrected chi connectivity index (χ2v) is 7.86. The molecule has 0 saturated carbocycles. The maximum atomic E-state index is 12.2. The number of para-hydroxylation sites is 1. The van der Waals surface area contributed by atoms with E-state index in [1.807, 2.05) is 19.1 Å². The zero-order valence-corrected chi connectivity index (χ0v) is 16.9. The molecule has 1 amide bonds. The van der Waals surface area contributed by atoms with E-state index >= 15 is 0 Å². The Hall–Kier alpha value is -3.13. The minimum Gasteiger partial charge on any atom is -0.505 e. The van der Waals surface area contributed by atoms with E-state index in [0.717, 1.165) is 6.42 Å². The Kier molecular flexibility index (Phi) is 5.50. The standard InChI is InChI=1S/C20H21N3O4Si/c1-4-12(14-9-6-10-28-14)21-15-16(19(26)18(15)25)22-13-8-5-7-11(17(13)24)20(27)23(2)3/h5-10,12,21-22,24H,4H2,1-3H3. The molecule has 3 N–H and O–H groups in total. The molecule has 1 unspecified atom stereocenters. The first-order valence-electron chi connectivity index (χ1n) is 8.88. The van der Waals surface area contributed by atoms with E-state index < -0.39 is 10.9 Å². The number of benzene rings is 1. The number of carbonyl (C=O) groups is 1. The van der Waals surface area contributed by atoms with Crippen LogP contribution in [0.15, 0.2) is 50.8 Å². The van der Waals surface area contributed by atoms with Gasteiger partial charge in [-0.05, 0) is 18.6 Å². The van der Waals surface area contributed by atoms with Crippen LogP contribution in [0.1, 0.15) is 23.7 Å². The quantitative estimate of drug-likeness (QED) is 0.375. The first-order valence-corrected chi connectivity index (χ1v) is 9.96. The van der Waals surface area contributed by atoms with Gasteiger partial charge >= 0.3 is 0 Å². The summed E-state index contributed by atoms with van der Waals surface area (Å²) < 4.78 is 0. The van der Waals surface area contributed by atoms with Gasteiger partial charge in [0.05, 0.1) is 11.3 Å². The molecule has 1 heterocycles. The molecule has 8 heteroatoms. The normalized spacial score (nSPS) is 14.0. The molecule has 7 nitrogen and oxygen atoms in total. The number of nitrogens with one attached hydrogen (secondary N) is 2. The number of anilines is 3. The van der Waals surface area contributed by atoms with Crippen molar-refractivity contribution in [2.24, 2.45) is 0 Å². The lowest BCUT2D eigenvalue weighted by atomic mass is 10.1. The number of allylic oxidation sites excluding steroid dienone is 2. The van der Waals surface area contributed by atoms with Crippen LogP contribution < -0.4 is 21.5 Å². The number of rotatable bonds is 7. The van der Waals surface area contributed by atoms with Crippen molar-refractivity contribution in [3.63, 3.8) is 0 Å². The van der Waals surface area contributed by atoms with Crippen molar-refractivity contribution < 1.29 is 9.90 Å². The van der Waals surface area contributed by atoms with Crippen molar-refractivity contribution in [3.8, 4) is 5.75 Å². The molecule has 2 aromatic carbocycles. The van der Waals surface area contributed by atoms with Crippen LogP contribution in [0.4, 0.5) is 17.1 Å². The van der Waals surface area contributed by atoms with Crippen molar-refractivity contribution >= 4 is 32.5 Å². The number of nitrogens with zero attached hydrogens (tertiary/aromatic N) is 1. The van der Waals surface area contributed by atoms with Gasteiger partial charge in [0.25, 0.3) is 16.8 Å². The van der Waals surface area contributed by atoms with Crippen LogP contribution in [-0.4, -0.2) is 45.6 Å². The van der Waals surface area contributed by atoms with E-state index in [9.17, 15) is 19.5 Å². The summed E-state index contributed by atoms with van der Waals surface area (Å²) in [5, 5.41) is 17.6. The Bertz CT molecular complexity index is 1050. The van der Waals surface area contributed by atoms with E-state index in [-0.39, 0.29) is 40.3 Å².